The third kappa shape index (κ3) is 2.43. The second-order valence-corrected chi connectivity index (χ2v) is 5.46. The van der Waals surface area contributed by atoms with Crippen LogP contribution in [0.2, 0.25) is 0 Å². The molecule has 0 spiro atoms. The highest BCUT2D eigenvalue weighted by atomic mass is 19.1. The molecule has 2 aliphatic carbocycles. The van der Waals surface area contributed by atoms with Crippen LogP contribution in [-0.4, -0.2) is 6.10 Å². The van der Waals surface area contributed by atoms with E-state index in [-0.39, 0.29) is 11.9 Å². The highest BCUT2D eigenvalue weighted by Crippen LogP contribution is 2.32. The predicted molar refractivity (Wildman–Crippen MR) is 71.2 cm³/mol. The van der Waals surface area contributed by atoms with Crippen LogP contribution in [0.3, 0.4) is 0 Å². The minimum Gasteiger partial charge on any atom is -0.487 e. The molecule has 2 aliphatic rings. The summed E-state index contributed by atoms with van der Waals surface area (Å²) in [6.07, 6.45) is 10.5. The number of allylic oxidation sites excluding steroid dienone is 1. The fraction of sp³-hybridized carbons (Fsp3) is 0.500. The molecule has 2 heteroatoms. The van der Waals surface area contributed by atoms with Gasteiger partial charge in [-0.1, -0.05) is 24.6 Å². The van der Waals surface area contributed by atoms with Crippen LogP contribution in [0.1, 0.15) is 43.2 Å². The Morgan fingerprint density at radius 2 is 2.00 bits per heavy atom. The summed E-state index contributed by atoms with van der Waals surface area (Å²) in [5, 5.41) is 0. The molecule has 0 aliphatic heterocycles. The summed E-state index contributed by atoms with van der Waals surface area (Å²) in [5.41, 5.74) is 1.67. The first kappa shape index (κ1) is 11.8. The van der Waals surface area contributed by atoms with Gasteiger partial charge in [0, 0.05) is 0 Å². The van der Waals surface area contributed by atoms with Gasteiger partial charge in [0.1, 0.15) is 0 Å². The van der Waals surface area contributed by atoms with Gasteiger partial charge < -0.3 is 4.74 Å². The Morgan fingerprint density at radius 1 is 1.22 bits per heavy atom. The third-order valence-electron chi connectivity index (χ3n) is 3.91. The van der Waals surface area contributed by atoms with Crippen molar-refractivity contribution >= 4 is 6.08 Å². The van der Waals surface area contributed by atoms with E-state index in [0.29, 0.717) is 17.2 Å². The molecule has 0 N–H and O–H groups in total. The van der Waals surface area contributed by atoms with Crippen molar-refractivity contribution < 1.29 is 9.13 Å². The normalized spacial score (nSPS) is 20.1. The van der Waals surface area contributed by atoms with Crippen LogP contribution in [0.4, 0.5) is 4.39 Å². The maximum atomic E-state index is 14.1. The van der Waals surface area contributed by atoms with Gasteiger partial charge in [0.25, 0.3) is 0 Å². The second-order valence-electron chi connectivity index (χ2n) is 5.46. The summed E-state index contributed by atoms with van der Waals surface area (Å²) in [7, 11) is 0. The van der Waals surface area contributed by atoms with Crippen molar-refractivity contribution in [2.75, 3.05) is 0 Å². The van der Waals surface area contributed by atoms with Crippen molar-refractivity contribution in [1.29, 1.82) is 0 Å². The Labute approximate surface area is 108 Å². The molecule has 0 radical (unpaired) electrons. The zero-order valence-corrected chi connectivity index (χ0v) is 10.8. The molecule has 0 unspecified atom stereocenters. The van der Waals surface area contributed by atoms with Crippen molar-refractivity contribution in [1.82, 2.24) is 0 Å². The molecule has 96 valence electrons. The zero-order valence-electron chi connectivity index (χ0n) is 10.8. The molecule has 0 amide bonds. The van der Waals surface area contributed by atoms with Crippen LogP contribution in [0, 0.1) is 18.7 Å². The first-order chi connectivity index (χ1) is 8.74. The summed E-state index contributed by atoms with van der Waals surface area (Å²) in [6.45, 7) is 1.83. The van der Waals surface area contributed by atoms with Crippen LogP contribution in [0.5, 0.6) is 5.75 Å². The Hall–Kier alpha value is -1.31. The molecular formula is C16H19FO. The standard InChI is InChI=1S/C16H19FO/c1-11-13(6-5-12-3-2-4-12)7-10-15(16(11)17)18-14-8-9-14/h5-7,10,12,14H,2-4,8-9H2,1H3/b6-5+. The Bertz CT molecular complexity index is 470. The molecule has 1 aromatic rings. The van der Waals surface area contributed by atoms with E-state index in [9.17, 15) is 4.39 Å². The number of rotatable bonds is 4. The van der Waals surface area contributed by atoms with Crippen LogP contribution >= 0.6 is 0 Å². The SMILES string of the molecule is Cc1c(/C=C/C2CCC2)ccc(OC2CC2)c1F. The molecule has 0 saturated heterocycles. The van der Waals surface area contributed by atoms with E-state index >= 15 is 0 Å². The van der Waals surface area contributed by atoms with Crippen LogP contribution in [-0.2, 0) is 0 Å². The summed E-state index contributed by atoms with van der Waals surface area (Å²) in [4.78, 5) is 0. The van der Waals surface area contributed by atoms with E-state index in [4.69, 9.17) is 4.74 Å². The van der Waals surface area contributed by atoms with Gasteiger partial charge in [0.15, 0.2) is 11.6 Å². The predicted octanol–water partition coefficient (Wildman–Crippen LogP) is 4.49. The smallest absolute Gasteiger partial charge is 0.168 e. The minimum atomic E-state index is -0.197. The van der Waals surface area contributed by atoms with Crippen LogP contribution in [0.25, 0.3) is 6.08 Å². The van der Waals surface area contributed by atoms with Gasteiger partial charge in [-0.3, -0.25) is 0 Å². The van der Waals surface area contributed by atoms with E-state index < -0.39 is 0 Å². The fourth-order valence-corrected chi connectivity index (χ4v) is 2.18. The van der Waals surface area contributed by atoms with E-state index in [1.165, 1.54) is 19.3 Å². The Morgan fingerprint density at radius 3 is 2.61 bits per heavy atom. The highest BCUT2D eigenvalue weighted by molar-refractivity contribution is 5.56. The fourth-order valence-electron chi connectivity index (χ4n) is 2.18. The number of ether oxygens (including phenoxy) is 1. The molecule has 2 saturated carbocycles. The third-order valence-corrected chi connectivity index (χ3v) is 3.91. The van der Waals surface area contributed by atoms with Crippen molar-refractivity contribution in [3.8, 4) is 5.75 Å². The first-order valence-corrected chi connectivity index (χ1v) is 6.88. The second kappa shape index (κ2) is 4.75. The first-order valence-electron chi connectivity index (χ1n) is 6.88. The monoisotopic (exact) mass is 246 g/mol. The lowest BCUT2D eigenvalue weighted by atomic mass is 9.85. The van der Waals surface area contributed by atoms with Crippen molar-refractivity contribution in [2.45, 2.75) is 45.1 Å². The quantitative estimate of drug-likeness (QED) is 0.760. The lowest BCUT2D eigenvalue weighted by Gasteiger charge is -2.21. The van der Waals surface area contributed by atoms with Gasteiger partial charge in [-0.15, -0.1) is 0 Å². The maximum absolute atomic E-state index is 14.1. The molecule has 2 fully saturated rings. The van der Waals surface area contributed by atoms with E-state index in [1.807, 2.05) is 13.0 Å². The molecule has 0 aromatic heterocycles. The highest BCUT2D eigenvalue weighted by Gasteiger charge is 2.25. The van der Waals surface area contributed by atoms with Crippen LogP contribution < -0.4 is 4.74 Å². The van der Waals surface area contributed by atoms with Crippen molar-refractivity contribution in [3.05, 3.63) is 35.2 Å². The zero-order chi connectivity index (χ0) is 12.5. The lowest BCUT2D eigenvalue weighted by Crippen LogP contribution is -2.07. The van der Waals surface area contributed by atoms with Crippen molar-refractivity contribution in [3.63, 3.8) is 0 Å². The Balaban J connectivity index is 1.77. The molecular weight excluding hydrogens is 227 g/mol. The number of hydrogen-bond acceptors (Lipinski definition) is 1. The summed E-state index contributed by atoms with van der Waals surface area (Å²) in [5.74, 6) is 0.920. The summed E-state index contributed by atoms with van der Waals surface area (Å²) >= 11 is 0. The van der Waals surface area contributed by atoms with Gasteiger partial charge >= 0.3 is 0 Å². The molecule has 0 bridgehead atoms. The van der Waals surface area contributed by atoms with Gasteiger partial charge in [0.05, 0.1) is 6.10 Å². The maximum Gasteiger partial charge on any atom is 0.168 e. The average Bonchev–Trinajstić information content (AvgIpc) is 3.10. The topological polar surface area (TPSA) is 9.23 Å². The molecule has 1 nitrogen and oxygen atoms in total. The number of halogens is 1. The molecule has 18 heavy (non-hydrogen) atoms. The van der Waals surface area contributed by atoms with Gasteiger partial charge in [-0.2, -0.15) is 0 Å². The minimum absolute atomic E-state index is 0.197. The summed E-state index contributed by atoms with van der Waals surface area (Å²) in [6, 6.07) is 3.73. The van der Waals surface area contributed by atoms with Crippen LogP contribution in [0.15, 0.2) is 18.2 Å². The van der Waals surface area contributed by atoms with Gasteiger partial charge in [-0.25, -0.2) is 4.39 Å². The molecule has 0 heterocycles. The lowest BCUT2D eigenvalue weighted by molar-refractivity contribution is 0.287. The van der Waals surface area contributed by atoms with E-state index in [0.717, 1.165) is 18.4 Å². The largest absolute Gasteiger partial charge is 0.487 e. The number of benzene rings is 1. The van der Waals surface area contributed by atoms with E-state index in [1.54, 1.807) is 6.07 Å². The molecule has 1 aromatic carbocycles. The Kier molecular flexibility index (Phi) is 3.11. The van der Waals surface area contributed by atoms with Gasteiger partial charge in [0.2, 0.25) is 0 Å². The van der Waals surface area contributed by atoms with Gasteiger partial charge in [-0.05, 0) is 55.7 Å². The van der Waals surface area contributed by atoms with E-state index in [2.05, 4.69) is 12.2 Å². The average molecular weight is 246 g/mol. The van der Waals surface area contributed by atoms with Crippen molar-refractivity contribution in [2.24, 2.45) is 5.92 Å². The molecule has 3 rings (SSSR count). The number of hydrogen-bond donors (Lipinski definition) is 0. The summed E-state index contributed by atoms with van der Waals surface area (Å²) < 4.78 is 19.7. The molecule has 0 atom stereocenters.